The Balaban J connectivity index is 1.52. The zero-order valence-corrected chi connectivity index (χ0v) is 21.9. The summed E-state index contributed by atoms with van der Waals surface area (Å²) in [4.78, 5) is 25.7. The van der Waals surface area contributed by atoms with Crippen LogP contribution in [0, 0.1) is 17.6 Å². The minimum atomic E-state index is -1.43. The largest absolute Gasteiger partial charge is 0.494 e. The second-order valence-electron chi connectivity index (χ2n) is 7.91. The first kappa shape index (κ1) is 26.8. The first-order valence-corrected chi connectivity index (χ1v) is 12.1. The molecule has 2 amide bonds. The average molecular weight is 595 g/mol. The van der Waals surface area contributed by atoms with Crippen LogP contribution in [-0.2, 0) is 4.79 Å². The van der Waals surface area contributed by atoms with Gasteiger partial charge in [-0.3, -0.25) is 9.59 Å². The van der Waals surface area contributed by atoms with E-state index in [0.717, 1.165) is 12.1 Å². The van der Waals surface area contributed by atoms with Crippen LogP contribution in [0.25, 0.3) is 0 Å². The summed E-state index contributed by atoms with van der Waals surface area (Å²) in [7, 11) is 1.42. The van der Waals surface area contributed by atoms with Gasteiger partial charge in [0, 0.05) is 17.7 Å². The van der Waals surface area contributed by atoms with Crippen LogP contribution in [0.5, 0.6) is 5.75 Å². The van der Waals surface area contributed by atoms with Gasteiger partial charge in [-0.15, -0.1) is 23.2 Å². The normalized spacial score (nSPS) is 17.9. The van der Waals surface area contributed by atoms with Gasteiger partial charge in [-0.1, -0.05) is 34.8 Å². The Morgan fingerprint density at radius 1 is 0.917 bits per heavy atom. The number of hydrogen-bond acceptors (Lipinski definition) is 3. The first-order valence-electron chi connectivity index (χ1n) is 10.2. The number of rotatable bonds is 6. The van der Waals surface area contributed by atoms with Crippen LogP contribution in [-0.4, -0.2) is 23.3 Å². The van der Waals surface area contributed by atoms with Crippen molar-refractivity contribution in [3.63, 3.8) is 0 Å². The van der Waals surface area contributed by atoms with E-state index in [9.17, 15) is 18.4 Å². The highest BCUT2D eigenvalue weighted by Gasteiger charge is 2.67. The van der Waals surface area contributed by atoms with Crippen molar-refractivity contribution in [3.05, 3.63) is 86.4 Å². The van der Waals surface area contributed by atoms with Crippen LogP contribution in [0.2, 0.25) is 15.1 Å². The lowest BCUT2D eigenvalue weighted by molar-refractivity contribution is -0.117. The van der Waals surface area contributed by atoms with Crippen molar-refractivity contribution in [1.29, 1.82) is 0 Å². The lowest BCUT2D eigenvalue weighted by atomic mass is 10.1. The van der Waals surface area contributed by atoms with Crippen LogP contribution in [0.1, 0.15) is 21.8 Å². The van der Waals surface area contributed by atoms with Gasteiger partial charge in [0.1, 0.15) is 16.0 Å². The molecule has 4 rings (SSSR count). The molecule has 2 N–H and O–H groups in total. The maximum Gasteiger partial charge on any atom is 0.257 e. The minimum Gasteiger partial charge on any atom is -0.494 e. The second-order valence-corrected chi connectivity index (χ2v) is 10.6. The molecule has 2 atom stereocenters. The number of halogens is 7. The molecule has 3 aromatic carbocycles. The number of carbonyl (C=O) groups is 2. The molecule has 0 saturated heterocycles. The molecule has 12 heteroatoms. The van der Waals surface area contributed by atoms with Gasteiger partial charge in [-0.25, -0.2) is 8.78 Å². The molecule has 0 bridgehead atoms. The SMILES string of the molecule is COc1c(Cl)cc([C@@H]2[C@@H](C(=O)Nc3ccc(Cl)c(C(=O)Nc4ccc(F)cc4F)c3)C2(Cl)Cl)cc1Cl. The molecular formula is C24H15Cl5F2N2O3. The van der Waals surface area contributed by atoms with Gasteiger partial charge in [0.15, 0.2) is 5.75 Å². The Hall–Kier alpha value is -2.29. The Morgan fingerprint density at radius 3 is 2.19 bits per heavy atom. The summed E-state index contributed by atoms with van der Waals surface area (Å²) in [6.07, 6.45) is 0. The van der Waals surface area contributed by atoms with E-state index in [1.807, 2.05) is 0 Å². The Bertz CT molecular complexity index is 1360. The monoisotopic (exact) mass is 592 g/mol. The van der Waals surface area contributed by atoms with Crippen LogP contribution in [0.4, 0.5) is 20.2 Å². The minimum absolute atomic E-state index is 0.0452. The van der Waals surface area contributed by atoms with Gasteiger partial charge in [0.05, 0.1) is 39.3 Å². The van der Waals surface area contributed by atoms with E-state index < -0.39 is 39.6 Å². The number of carbonyl (C=O) groups excluding carboxylic acids is 2. The summed E-state index contributed by atoms with van der Waals surface area (Å²) < 4.78 is 30.8. The Labute approximate surface area is 229 Å². The molecule has 3 aromatic rings. The summed E-state index contributed by atoms with van der Waals surface area (Å²) in [5.74, 6) is -4.22. The standard InChI is InChI=1S/C24H15Cl5F2N2O3/c1-36-21-15(26)6-10(7-16(21)27)19-20(24(19,28)29)23(35)32-12-3-4-14(25)13(9-12)22(34)33-18-5-2-11(30)8-17(18)31/h2-9,19-20H,1H3,(H,32,35)(H,33,34)/t19-,20+/m1/s1. The summed E-state index contributed by atoms with van der Waals surface area (Å²) >= 11 is 31.4. The fourth-order valence-electron chi connectivity index (χ4n) is 3.80. The lowest BCUT2D eigenvalue weighted by Crippen LogP contribution is -2.18. The molecule has 1 aliphatic carbocycles. The molecule has 0 aromatic heterocycles. The molecule has 0 radical (unpaired) electrons. The number of anilines is 2. The van der Waals surface area contributed by atoms with Crippen LogP contribution in [0.15, 0.2) is 48.5 Å². The highest BCUT2D eigenvalue weighted by atomic mass is 35.5. The smallest absolute Gasteiger partial charge is 0.257 e. The molecular weight excluding hydrogens is 580 g/mol. The fourth-order valence-corrected chi connectivity index (χ4v) is 5.49. The fraction of sp³-hybridized carbons (Fsp3) is 0.167. The van der Waals surface area contributed by atoms with Crippen molar-refractivity contribution in [2.24, 2.45) is 5.92 Å². The molecule has 1 aliphatic rings. The van der Waals surface area contributed by atoms with Crippen molar-refractivity contribution in [2.75, 3.05) is 17.7 Å². The number of hydrogen-bond donors (Lipinski definition) is 2. The number of amides is 2. The molecule has 188 valence electrons. The van der Waals surface area contributed by atoms with Crippen molar-refractivity contribution in [3.8, 4) is 5.75 Å². The number of methoxy groups -OCH3 is 1. The molecule has 5 nitrogen and oxygen atoms in total. The molecule has 0 aliphatic heterocycles. The predicted molar refractivity (Wildman–Crippen MR) is 138 cm³/mol. The molecule has 1 fully saturated rings. The van der Waals surface area contributed by atoms with E-state index in [1.54, 1.807) is 12.1 Å². The summed E-state index contributed by atoms with van der Waals surface area (Å²) in [6.45, 7) is 0. The van der Waals surface area contributed by atoms with E-state index in [1.165, 1.54) is 25.3 Å². The van der Waals surface area contributed by atoms with Crippen molar-refractivity contribution < 1.29 is 23.1 Å². The predicted octanol–water partition coefficient (Wildman–Crippen LogP) is 7.71. The van der Waals surface area contributed by atoms with Gasteiger partial charge >= 0.3 is 0 Å². The first-order chi connectivity index (χ1) is 16.9. The average Bonchev–Trinajstić information content (AvgIpc) is 3.38. The van der Waals surface area contributed by atoms with Gasteiger partial charge in [0.2, 0.25) is 5.91 Å². The summed E-state index contributed by atoms with van der Waals surface area (Å²) in [6, 6.07) is 10.0. The molecule has 0 unspecified atom stereocenters. The quantitative estimate of drug-likeness (QED) is 0.287. The third-order valence-corrected chi connectivity index (χ3v) is 7.41. The highest BCUT2D eigenvalue weighted by Crippen LogP contribution is 2.65. The Morgan fingerprint density at radius 2 is 1.58 bits per heavy atom. The van der Waals surface area contributed by atoms with Gasteiger partial charge in [-0.2, -0.15) is 0 Å². The number of ether oxygens (including phenoxy) is 1. The number of nitrogens with one attached hydrogen (secondary N) is 2. The van der Waals surface area contributed by atoms with Crippen molar-refractivity contribution >= 4 is 81.2 Å². The van der Waals surface area contributed by atoms with Crippen LogP contribution >= 0.6 is 58.0 Å². The van der Waals surface area contributed by atoms with E-state index in [2.05, 4.69) is 10.6 Å². The third-order valence-electron chi connectivity index (χ3n) is 5.58. The van der Waals surface area contributed by atoms with E-state index in [4.69, 9.17) is 62.7 Å². The topological polar surface area (TPSA) is 67.4 Å². The highest BCUT2D eigenvalue weighted by molar-refractivity contribution is 6.53. The Kier molecular flexibility index (Phi) is 7.60. The zero-order chi connectivity index (χ0) is 26.4. The van der Waals surface area contributed by atoms with Gasteiger partial charge < -0.3 is 15.4 Å². The molecule has 0 heterocycles. The van der Waals surface area contributed by atoms with Crippen molar-refractivity contribution in [1.82, 2.24) is 0 Å². The zero-order valence-electron chi connectivity index (χ0n) is 18.1. The van der Waals surface area contributed by atoms with E-state index >= 15 is 0 Å². The maximum atomic E-state index is 13.9. The van der Waals surface area contributed by atoms with Gasteiger partial charge in [-0.05, 0) is 48.0 Å². The summed E-state index contributed by atoms with van der Waals surface area (Å²) in [5, 5.41) is 5.49. The van der Waals surface area contributed by atoms with Crippen molar-refractivity contribution in [2.45, 2.75) is 10.3 Å². The maximum absolute atomic E-state index is 13.9. The molecule has 36 heavy (non-hydrogen) atoms. The summed E-state index contributed by atoms with van der Waals surface area (Å²) in [5.41, 5.74) is 0.476. The molecule has 0 spiro atoms. The number of alkyl halides is 2. The van der Waals surface area contributed by atoms with Crippen LogP contribution < -0.4 is 15.4 Å². The second kappa shape index (κ2) is 10.2. The third kappa shape index (κ3) is 5.22. The van der Waals surface area contributed by atoms with Gasteiger partial charge in [0.25, 0.3) is 5.91 Å². The van der Waals surface area contributed by atoms with E-state index in [-0.39, 0.29) is 37.8 Å². The van der Waals surface area contributed by atoms with Crippen LogP contribution in [0.3, 0.4) is 0 Å². The molecule has 1 saturated carbocycles. The van der Waals surface area contributed by atoms with E-state index in [0.29, 0.717) is 11.6 Å². The lowest BCUT2D eigenvalue weighted by Gasteiger charge is -2.11. The number of benzene rings is 3.